The molecule has 0 rings (SSSR count). The summed E-state index contributed by atoms with van der Waals surface area (Å²) >= 11 is 0. The molecule has 0 fully saturated rings. The predicted octanol–water partition coefficient (Wildman–Crippen LogP) is 1.82. The average Bonchev–Trinajstić information content (AvgIpc) is 1.97. The van der Waals surface area contributed by atoms with Gasteiger partial charge in [0, 0.05) is 12.3 Å². The highest BCUT2D eigenvalue weighted by Crippen LogP contribution is 2.29. The molecule has 92 valence electrons. The Morgan fingerprint density at radius 1 is 1.27 bits per heavy atom. The molecule has 0 saturated carbocycles. The molecular formula is C11H25NO2S. The summed E-state index contributed by atoms with van der Waals surface area (Å²) in [5, 5.41) is 0. The van der Waals surface area contributed by atoms with Crippen molar-refractivity contribution in [1.82, 2.24) is 0 Å². The minimum atomic E-state index is -2.87. The Morgan fingerprint density at radius 3 is 2.07 bits per heavy atom. The van der Waals surface area contributed by atoms with E-state index in [0.717, 1.165) is 6.42 Å². The van der Waals surface area contributed by atoms with Crippen LogP contribution in [-0.4, -0.2) is 26.5 Å². The fraction of sp³-hybridized carbons (Fsp3) is 1.00. The zero-order valence-electron chi connectivity index (χ0n) is 10.6. The lowest BCUT2D eigenvalue weighted by atomic mass is 9.78. The molecule has 0 radical (unpaired) electrons. The van der Waals surface area contributed by atoms with E-state index in [1.807, 2.05) is 0 Å². The molecule has 0 heterocycles. The van der Waals surface area contributed by atoms with Gasteiger partial charge in [-0.2, -0.15) is 0 Å². The first-order chi connectivity index (χ1) is 6.52. The molecule has 15 heavy (non-hydrogen) atoms. The van der Waals surface area contributed by atoms with E-state index in [-0.39, 0.29) is 17.2 Å². The zero-order chi connectivity index (χ0) is 12.3. The van der Waals surface area contributed by atoms with E-state index in [1.54, 1.807) is 0 Å². The Morgan fingerprint density at radius 2 is 1.73 bits per heavy atom. The number of sulfone groups is 1. The third-order valence-corrected chi connectivity index (χ3v) is 3.97. The van der Waals surface area contributed by atoms with Gasteiger partial charge in [0.05, 0.1) is 5.75 Å². The molecule has 0 spiro atoms. The largest absolute Gasteiger partial charge is 0.328 e. The summed E-state index contributed by atoms with van der Waals surface area (Å²) in [6.07, 6.45) is 2.71. The normalized spacial score (nSPS) is 17.5. The molecule has 2 N–H and O–H groups in total. The molecule has 2 unspecified atom stereocenters. The highest BCUT2D eigenvalue weighted by atomic mass is 32.2. The van der Waals surface area contributed by atoms with Crippen LogP contribution in [0.15, 0.2) is 0 Å². The van der Waals surface area contributed by atoms with Crippen molar-refractivity contribution in [1.29, 1.82) is 0 Å². The van der Waals surface area contributed by atoms with Crippen molar-refractivity contribution >= 4 is 9.84 Å². The second kappa shape index (κ2) is 5.30. The first-order valence-corrected chi connectivity index (χ1v) is 7.51. The second-order valence-electron chi connectivity index (χ2n) is 5.68. The lowest BCUT2D eigenvalue weighted by Gasteiger charge is -2.29. The summed E-state index contributed by atoms with van der Waals surface area (Å²) < 4.78 is 21.9. The Bertz CT molecular complexity index is 277. The van der Waals surface area contributed by atoms with Crippen LogP contribution in [0.25, 0.3) is 0 Å². The Balaban J connectivity index is 4.00. The van der Waals surface area contributed by atoms with Crippen LogP contribution in [0.3, 0.4) is 0 Å². The highest BCUT2D eigenvalue weighted by molar-refractivity contribution is 7.90. The van der Waals surface area contributed by atoms with Crippen LogP contribution in [0, 0.1) is 11.3 Å². The van der Waals surface area contributed by atoms with Crippen LogP contribution in [0.1, 0.15) is 40.5 Å². The van der Waals surface area contributed by atoms with Crippen molar-refractivity contribution in [3.63, 3.8) is 0 Å². The van der Waals surface area contributed by atoms with Crippen LogP contribution in [0.4, 0.5) is 0 Å². The van der Waals surface area contributed by atoms with Gasteiger partial charge in [-0.3, -0.25) is 0 Å². The fourth-order valence-electron chi connectivity index (χ4n) is 1.29. The van der Waals surface area contributed by atoms with E-state index >= 15 is 0 Å². The average molecular weight is 235 g/mol. The van der Waals surface area contributed by atoms with Gasteiger partial charge in [0.15, 0.2) is 0 Å². The van der Waals surface area contributed by atoms with E-state index in [0.29, 0.717) is 12.3 Å². The van der Waals surface area contributed by atoms with Gasteiger partial charge in [0.1, 0.15) is 9.84 Å². The lowest BCUT2D eigenvalue weighted by Crippen LogP contribution is -2.30. The summed E-state index contributed by atoms with van der Waals surface area (Å²) in [6.45, 7) is 8.71. The number of rotatable bonds is 5. The number of nitrogens with two attached hydrogens (primary N) is 1. The minimum Gasteiger partial charge on any atom is -0.328 e. The maximum absolute atomic E-state index is 11.0. The molecule has 0 aromatic rings. The van der Waals surface area contributed by atoms with Crippen LogP contribution in [0.5, 0.6) is 0 Å². The lowest BCUT2D eigenvalue weighted by molar-refractivity contribution is 0.232. The highest BCUT2D eigenvalue weighted by Gasteiger charge is 2.22. The third kappa shape index (κ3) is 7.79. The SMILES string of the molecule is CC(CC(N)CCS(C)(=O)=O)C(C)(C)C. The summed E-state index contributed by atoms with van der Waals surface area (Å²) in [5.41, 5.74) is 6.15. The number of hydrogen-bond donors (Lipinski definition) is 1. The molecule has 0 aromatic carbocycles. The van der Waals surface area contributed by atoms with Crippen LogP contribution < -0.4 is 5.73 Å². The van der Waals surface area contributed by atoms with E-state index in [1.165, 1.54) is 6.26 Å². The maximum Gasteiger partial charge on any atom is 0.147 e. The van der Waals surface area contributed by atoms with Crippen molar-refractivity contribution in [2.24, 2.45) is 17.1 Å². The molecule has 0 bridgehead atoms. The van der Waals surface area contributed by atoms with Gasteiger partial charge in [-0.1, -0.05) is 27.7 Å². The van der Waals surface area contributed by atoms with Crippen molar-refractivity contribution in [2.75, 3.05) is 12.0 Å². The monoisotopic (exact) mass is 235 g/mol. The summed E-state index contributed by atoms with van der Waals surface area (Å²) in [4.78, 5) is 0. The third-order valence-electron chi connectivity index (χ3n) is 2.99. The fourth-order valence-corrected chi connectivity index (χ4v) is 2.02. The first kappa shape index (κ1) is 14.9. The smallest absolute Gasteiger partial charge is 0.147 e. The van der Waals surface area contributed by atoms with Crippen LogP contribution in [0.2, 0.25) is 0 Å². The molecule has 3 nitrogen and oxygen atoms in total. The standard InChI is InChI=1S/C11H25NO2S/c1-9(11(2,3)4)8-10(12)6-7-15(5,13)14/h9-10H,6-8,12H2,1-5H3. The van der Waals surface area contributed by atoms with Crippen LogP contribution in [-0.2, 0) is 9.84 Å². The molecule has 4 heteroatoms. The maximum atomic E-state index is 11.0. The van der Waals surface area contributed by atoms with E-state index in [4.69, 9.17) is 5.73 Å². The second-order valence-corrected chi connectivity index (χ2v) is 7.94. The molecule has 0 aliphatic carbocycles. The summed E-state index contributed by atoms with van der Waals surface area (Å²) in [5.74, 6) is 0.706. The zero-order valence-corrected chi connectivity index (χ0v) is 11.4. The van der Waals surface area contributed by atoms with Crippen molar-refractivity contribution in [3.05, 3.63) is 0 Å². The van der Waals surface area contributed by atoms with Gasteiger partial charge in [-0.15, -0.1) is 0 Å². The molecule has 0 amide bonds. The Kier molecular flexibility index (Phi) is 5.27. The molecule has 0 aromatic heterocycles. The molecular weight excluding hydrogens is 210 g/mol. The van der Waals surface area contributed by atoms with Crippen molar-refractivity contribution in [2.45, 2.75) is 46.6 Å². The van der Waals surface area contributed by atoms with Gasteiger partial charge in [0.2, 0.25) is 0 Å². The Labute approximate surface area is 94.4 Å². The van der Waals surface area contributed by atoms with E-state index in [2.05, 4.69) is 27.7 Å². The molecule has 0 saturated heterocycles. The quantitative estimate of drug-likeness (QED) is 0.790. The van der Waals surface area contributed by atoms with Crippen molar-refractivity contribution < 1.29 is 8.42 Å². The summed E-state index contributed by atoms with van der Waals surface area (Å²) in [6, 6.07) is -0.00560. The van der Waals surface area contributed by atoms with Gasteiger partial charge >= 0.3 is 0 Å². The summed E-state index contributed by atoms with van der Waals surface area (Å²) in [7, 11) is -2.87. The first-order valence-electron chi connectivity index (χ1n) is 5.45. The van der Waals surface area contributed by atoms with Gasteiger partial charge in [-0.25, -0.2) is 8.42 Å². The topological polar surface area (TPSA) is 60.2 Å². The van der Waals surface area contributed by atoms with E-state index in [9.17, 15) is 8.42 Å². The molecule has 0 aliphatic heterocycles. The van der Waals surface area contributed by atoms with Crippen LogP contribution >= 0.6 is 0 Å². The minimum absolute atomic E-state index is 0.00560. The van der Waals surface area contributed by atoms with Gasteiger partial charge in [-0.05, 0) is 24.2 Å². The van der Waals surface area contributed by atoms with E-state index < -0.39 is 9.84 Å². The molecule has 2 atom stereocenters. The van der Waals surface area contributed by atoms with Gasteiger partial charge < -0.3 is 5.73 Å². The predicted molar refractivity (Wildman–Crippen MR) is 65.5 cm³/mol. The van der Waals surface area contributed by atoms with Crippen molar-refractivity contribution in [3.8, 4) is 0 Å². The number of hydrogen-bond acceptors (Lipinski definition) is 3. The molecule has 0 aliphatic rings. The van der Waals surface area contributed by atoms with Gasteiger partial charge in [0.25, 0.3) is 0 Å². The Hall–Kier alpha value is -0.0900.